The Hall–Kier alpha value is -3.66. The highest BCUT2D eigenvalue weighted by molar-refractivity contribution is 7.91. The first-order valence-electron chi connectivity index (χ1n) is 11.7. The van der Waals surface area contributed by atoms with Gasteiger partial charge in [-0.3, -0.25) is 4.55 Å². The number of methoxy groups -OCH3 is 1. The summed E-state index contributed by atoms with van der Waals surface area (Å²) in [6.07, 6.45) is 0. The third-order valence-corrected chi connectivity index (χ3v) is 9.09. The van der Waals surface area contributed by atoms with Crippen molar-refractivity contribution in [3.8, 4) is 17.2 Å². The van der Waals surface area contributed by atoms with E-state index in [1.807, 2.05) is 43.3 Å². The van der Waals surface area contributed by atoms with Crippen molar-refractivity contribution >= 4 is 20.0 Å². The molecule has 0 saturated carbocycles. The fraction of sp³-hybridized carbons (Fsp3) is 0.172. The molecule has 0 amide bonds. The van der Waals surface area contributed by atoms with Crippen molar-refractivity contribution in [3.63, 3.8) is 0 Å². The fourth-order valence-corrected chi connectivity index (χ4v) is 6.04. The van der Waals surface area contributed by atoms with Gasteiger partial charge < -0.3 is 9.47 Å². The van der Waals surface area contributed by atoms with Crippen LogP contribution in [0.15, 0.2) is 106 Å². The van der Waals surface area contributed by atoms with E-state index >= 15 is 0 Å². The van der Waals surface area contributed by atoms with E-state index in [1.54, 1.807) is 31.4 Å². The molecule has 0 radical (unpaired) electrons. The van der Waals surface area contributed by atoms with Crippen molar-refractivity contribution in [1.29, 1.82) is 0 Å². The Morgan fingerprint density at radius 3 is 1.68 bits per heavy atom. The average molecular weight is 553 g/mol. The monoisotopic (exact) mass is 552 g/mol. The van der Waals surface area contributed by atoms with Crippen LogP contribution in [0.2, 0.25) is 0 Å². The zero-order valence-corrected chi connectivity index (χ0v) is 23.0. The maximum Gasteiger partial charge on any atom is 0.298 e. The third-order valence-electron chi connectivity index (χ3n) is 6.45. The summed E-state index contributed by atoms with van der Waals surface area (Å²) >= 11 is 0. The van der Waals surface area contributed by atoms with Crippen LogP contribution in [0.4, 0.5) is 0 Å². The van der Waals surface area contributed by atoms with Crippen LogP contribution in [-0.2, 0) is 25.4 Å². The van der Waals surface area contributed by atoms with Crippen molar-refractivity contribution in [2.45, 2.75) is 40.9 Å². The van der Waals surface area contributed by atoms with Crippen molar-refractivity contribution in [3.05, 3.63) is 108 Å². The highest BCUT2D eigenvalue weighted by Crippen LogP contribution is 2.36. The quantitative estimate of drug-likeness (QED) is 0.259. The summed E-state index contributed by atoms with van der Waals surface area (Å²) in [6.45, 7) is 5.98. The second kappa shape index (κ2) is 10.2. The van der Waals surface area contributed by atoms with Gasteiger partial charge in [0.05, 0.1) is 16.9 Å². The van der Waals surface area contributed by atoms with Crippen LogP contribution in [0.5, 0.6) is 17.2 Å². The van der Waals surface area contributed by atoms with Gasteiger partial charge in [-0.2, -0.15) is 8.42 Å². The fourth-order valence-electron chi connectivity index (χ4n) is 4.04. The highest BCUT2D eigenvalue weighted by atomic mass is 32.2. The number of rotatable bonds is 8. The van der Waals surface area contributed by atoms with E-state index in [2.05, 4.69) is 13.8 Å². The number of hydrogen-bond donors (Lipinski definition) is 1. The molecule has 0 heterocycles. The maximum absolute atomic E-state index is 13.1. The Labute approximate surface area is 223 Å². The van der Waals surface area contributed by atoms with E-state index in [-0.39, 0.29) is 21.0 Å². The van der Waals surface area contributed by atoms with E-state index in [0.29, 0.717) is 5.75 Å². The zero-order valence-electron chi connectivity index (χ0n) is 21.4. The van der Waals surface area contributed by atoms with Crippen LogP contribution in [-0.4, -0.2) is 28.5 Å². The van der Waals surface area contributed by atoms with Gasteiger partial charge in [-0.1, -0.05) is 55.8 Å². The molecule has 38 heavy (non-hydrogen) atoms. The lowest BCUT2D eigenvalue weighted by molar-refractivity contribution is 0.414. The third kappa shape index (κ3) is 5.60. The molecule has 4 aromatic rings. The molecule has 0 aromatic heterocycles. The number of hydrogen-bond acceptors (Lipinski definition) is 6. The molecule has 0 unspecified atom stereocenters. The molecular formula is C29H28O7S2. The van der Waals surface area contributed by atoms with Gasteiger partial charge in [0.1, 0.15) is 22.1 Å². The second-order valence-electron chi connectivity index (χ2n) is 9.38. The van der Waals surface area contributed by atoms with Gasteiger partial charge in [0, 0.05) is 5.41 Å². The Bertz CT molecular complexity index is 1650. The summed E-state index contributed by atoms with van der Waals surface area (Å²) in [4.78, 5) is -0.917. The molecule has 0 spiro atoms. The summed E-state index contributed by atoms with van der Waals surface area (Å²) in [5.41, 5.74) is 2.61. The SMILES string of the molecule is COc1ccc(C(C)(C)c2ccc(Oc3ccc(S(=O)(=O)c4ccc(C)cc4)cc3S(=O)(=O)O)cc2)cc1. The van der Waals surface area contributed by atoms with Crippen LogP contribution in [0.1, 0.15) is 30.5 Å². The van der Waals surface area contributed by atoms with Gasteiger partial charge >= 0.3 is 0 Å². The van der Waals surface area contributed by atoms with Crippen LogP contribution in [0, 0.1) is 6.92 Å². The van der Waals surface area contributed by atoms with Crippen LogP contribution in [0.3, 0.4) is 0 Å². The smallest absolute Gasteiger partial charge is 0.298 e. The molecule has 4 rings (SSSR count). The van der Waals surface area contributed by atoms with Gasteiger partial charge in [0.2, 0.25) is 9.84 Å². The first-order valence-corrected chi connectivity index (χ1v) is 14.6. The zero-order chi connectivity index (χ0) is 27.7. The van der Waals surface area contributed by atoms with Gasteiger partial charge in [0.15, 0.2) is 0 Å². The summed E-state index contributed by atoms with van der Waals surface area (Å²) in [5.74, 6) is 0.886. The molecular weight excluding hydrogens is 524 g/mol. The molecule has 0 aliphatic carbocycles. The van der Waals surface area contributed by atoms with Crippen molar-refractivity contribution in [1.82, 2.24) is 0 Å². The van der Waals surface area contributed by atoms with Crippen LogP contribution >= 0.6 is 0 Å². The first-order chi connectivity index (χ1) is 17.8. The van der Waals surface area contributed by atoms with Crippen LogP contribution in [0.25, 0.3) is 0 Å². The minimum absolute atomic E-state index is 0.00752. The normalized spacial score (nSPS) is 12.2. The van der Waals surface area contributed by atoms with Crippen molar-refractivity contribution in [2.75, 3.05) is 7.11 Å². The molecule has 0 aliphatic rings. The lowest BCUT2D eigenvalue weighted by Crippen LogP contribution is -2.18. The number of sulfone groups is 1. The molecule has 7 nitrogen and oxygen atoms in total. The number of aryl methyl sites for hydroxylation is 1. The van der Waals surface area contributed by atoms with E-state index in [0.717, 1.165) is 28.5 Å². The van der Waals surface area contributed by atoms with Gasteiger partial charge in [0.25, 0.3) is 10.1 Å². The minimum Gasteiger partial charge on any atom is -0.497 e. The Balaban J connectivity index is 1.64. The van der Waals surface area contributed by atoms with Crippen molar-refractivity contribution in [2.24, 2.45) is 0 Å². The summed E-state index contributed by atoms with van der Waals surface area (Å²) in [6, 6.07) is 24.4. The average Bonchev–Trinajstić information content (AvgIpc) is 2.89. The molecule has 0 bridgehead atoms. The van der Waals surface area contributed by atoms with Gasteiger partial charge in [-0.05, 0) is 72.6 Å². The van der Waals surface area contributed by atoms with E-state index in [1.165, 1.54) is 24.3 Å². The molecule has 198 valence electrons. The molecule has 0 aliphatic heterocycles. The molecule has 4 aromatic carbocycles. The maximum atomic E-state index is 13.1. The van der Waals surface area contributed by atoms with Crippen LogP contribution < -0.4 is 9.47 Å². The van der Waals surface area contributed by atoms with Crippen molar-refractivity contribution < 1.29 is 30.9 Å². The Morgan fingerprint density at radius 2 is 1.18 bits per heavy atom. The Kier molecular flexibility index (Phi) is 7.38. The highest BCUT2D eigenvalue weighted by Gasteiger charge is 2.26. The molecule has 1 N–H and O–H groups in total. The van der Waals surface area contributed by atoms with E-state index in [4.69, 9.17) is 9.47 Å². The topological polar surface area (TPSA) is 107 Å². The largest absolute Gasteiger partial charge is 0.497 e. The molecule has 0 fully saturated rings. The summed E-state index contributed by atoms with van der Waals surface area (Å²) in [5, 5.41) is 0. The predicted octanol–water partition coefficient (Wildman–Crippen LogP) is 6.20. The summed E-state index contributed by atoms with van der Waals surface area (Å²) in [7, 11) is -7.20. The number of ether oxygens (including phenoxy) is 2. The van der Waals surface area contributed by atoms with E-state index in [9.17, 15) is 21.4 Å². The predicted molar refractivity (Wildman–Crippen MR) is 145 cm³/mol. The van der Waals surface area contributed by atoms with E-state index < -0.39 is 24.9 Å². The standard InChI is InChI=1S/C29H28O7S2/c1-20-5-15-25(16-6-20)37(30,31)26-17-18-27(28(19-26)38(32,33)34)36-24-13-9-22(10-14-24)29(2,3)21-7-11-23(35-4)12-8-21/h5-19H,1-4H3,(H,32,33,34). The van der Waals surface area contributed by atoms with Gasteiger partial charge in [-0.25, -0.2) is 8.42 Å². The first kappa shape index (κ1) is 27.4. The summed E-state index contributed by atoms with van der Waals surface area (Å²) < 4.78 is 71.3. The Morgan fingerprint density at radius 1 is 0.684 bits per heavy atom. The lowest BCUT2D eigenvalue weighted by atomic mass is 9.78. The molecule has 0 saturated heterocycles. The molecule has 0 atom stereocenters. The lowest BCUT2D eigenvalue weighted by Gasteiger charge is -2.26. The number of benzene rings is 4. The minimum atomic E-state index is -4.80. The second-order valence-corrected chi connectivity index (χ2v) is 12.7. The molecule has 9 heteroatoms. The van der Waals surface area contributed by atoms with Gasteiger partial charge in [-0.15, -0.1) is 0 Å².